The molecule has 0 aliphatic carbocycles. The van der Waals surface area contributed by atoms with Gasteiger partial charge in [-0.25, -0.2) is 14.3 Å². The first-order chi connectivity index (χ1) is 13.9. The summed E-state index contributed by atoms with van der Waals surface area (Å²) >= 11 is 0. The van der Waals surface area contributed by atoms with Crippen molar-refractivity contribution in [3.05, 3.63) is 55.1 Å². The second-order valence-corrected chi connectivity index (χ2v) is 6.15. The van der Waals surface area contributed by atoms with Crippen molar-refractivity contribution < 1.29 is 18.0 Å². The third-order valence-corrected chi connectivity index (χ3v) is 4.06. The maximum absolute atomic E-state index is 12.2. The van der Waals surface area contributed by atoms with Gasteiger partial charge in [-0.3, -0.25) is 5.10 Å². The van der Waals surface area contributed by atoms with Crippen LogP contribution in [0.4, 0.5) is 23.7 Å². The zero-order valence-electron chi connectivity index (χ0n) is 14.7. The van der Waals surface area contributed by atoms with Gasteiger partial charge in [-0.1, -0.05) is 12.1 Å². The van der Waals surface area contributed by atoms with Crippen LogP contribution in [0, 0.1) is 0 Å². The van der Waals surface area contributed by atoms with Crippen molar-refractivity contribution in [2.45, 2.75) is 6.18 Å². The summed E-state index contributed by atoms with van der Waals surface area (Å²) in [7, 11) is 0. The van der Waals surface area contributed by atoms with Crippen LogP contribution >= 0.6 is 0 Å². The Morgan fingerprint density at radius 1 is 1.10 bits per heavy atom. The maximum atomic E-state index is 12.2. The molecule has 0 radical (unpaired) electrons. The highest BCUT2D eigenvalue weighted by Crippen LogP contribution is 2.25. The molecule has 8 nitrogen and oxygen atoms in total. The van der Waals surface area contributed by atoms with Crippen molar-refractivity contribution in [3.8, 4) is 22.4 Å². The van der Waals surface area contributed by atoms with Crippen LogP contribution in [0.1, 0.15) is 0 Å². The van der Waals surface area contributed by atoms with Gasteiger partial charge in [-0.15, -0.1) is 0 Å². The predicted octanol–water partition coefficient (Wildman–Crippen LogP) is 3.47. The first-order valence-electron chi connectivity index (χ1n) is 8.44. The van der Waals surface area contributed by atoms with Crippen LogP contribution in [0.5, 0.6) is 0 Å². The number of aromatic nitrogens is 5. The fourth-order valence-electron chi connectivity index (χ4n) is 2.75. The van der Waals surface area contributed by atoms with Gasteiger partial charge < -0.3 is 10.6 Å². The van der Waals surface area contributed by atoms with Gasteiger partial charge in [0.2, 0.25) is 0 Å². The lowest BCUT2D eigenvalue weighted by molar-refractivity contribution is -0.122. The van der Waals surface area contributed by atoms with Crippen LogP contribution < -0.4 is 10.6 Å². The number of imidazole rings is 1. The Balaban J connectivity index is 1.56. The predicted molar refractivity (Wildman–Crippen MR) is 99.1 cm³/mol. The molecule has 2 amide bonds. The standard InChI is InChI=1S/C18H14F3N7O/c19-18(20,21)10-23-17(29)27-14-3-1-2-11(4-14)15-9-22-16-5-12(8-26-28(15)16)13-6-24-25-7-13/h1-9H,10H2,(H,24,25)(H2,23,27,29). The first-order valence-corrected chi connectivity index (χ1v) is 8.44. The fraction of sp³-hybridized carbons (Fsp3) is 0.111. The van der Waals surface area contributed by atoms with E-state index in [-0.39, 0.29) is 0 Å². The maximum Gasteiger partial charge on any atom is 0.405 e. The summed E-state index contributed by atoms with van der Waals surface area (Å²) in [6.45, 7) is -1.41. The van der Waals surface area contributed by atoms with E-state index in [2.05, 4.69) is 25.6 Å². The average Bonchev–Trinajstić information content (AvgIpc) is 3.35. The molecule has 3 N–H and O–H groups in total. The van der Waals surface area contributed by atoms with E-state index in [0.29, 0.717) is 22.6 Å². The van der Waals surface area contributed by atoms with E-state index in [1.165, 1.54) is 0 Å². The van der Waals surface area contributed by atoms with Crippen molar-refractivity contribution in [2.24, 2.45) is 0 Å². The summed E-state index contributed by atoms with van der Waals surface area (Å²) in [6.07, 6.45) is 2.25. The number of carbonyl (C=O) groups excluding carboxylic acids is 1. The molecule has 1 aromatic carbocycles. The molecule has 0 aliphatic heterocycles. The smallest absolute Gasteiger partial charge is 0.329 e. The highest BCUT2D eigenvalue weighted by molar-refractivity contribution is 5.90. The Morgan fingerprint density at radius 2 is 1.97 bits per heavy atom. The number of amides is 2. The molecule has 0 bridgehead atoms. The zero-order valence-corrected chi connectivity index (χ0v) is 14.7. The molecule has 3 heterocycles. The molecule has 29 heavy (non-hydrogen) atoms. The Morgan fingerprint density at radius 3 is 2.72 bits per heavy atom. The first kappa shape index (κ1) is 18.5. The Hall–Kier alpha value is -3.89. The van der Waals surface area contributed by atoms with Gasteiger partial charge in [0.1, 0.15) is 6.54 Å². The van der Waals surface area contributed by atoms with Crippen molar-refractivity contribution >= 4 is 17.4 Å². The van der Waals surface area contributed by atoms with E-state index < -0.39 is 18.8 Å². The van der Waals surface area contributed by atoms with Crippen LogP contribution in [-0.2, 0) is 0 Å². The number of carbonyl (C=O) groups is 1. The molecule has 11 heteroatoms. The number of hydrogen-bond donors (Lipinski definition) is 3. The molecule has 4 aromatic rings. The van der Waals surface area contributed by atoms with Gasteiger partial charge in [-0.2, -0.15) is 23.4 Å². The highest BCUT2D eigenvalue weighted by Gasteiger charge is 2.27. The topological polar surface area (TPSA) is 100 Å². The summed E-state index contributed by atoms with van der Waals surface area (Å²) in [4.78, 5) is 16.0. The SMILES string of the molecule is O=C(NCC(F)(F)F)Nc1cccc(-c2cnc3cc(-c4cn[nH]c4)cnn23)c1. The fourth-order valence-corrected chi connectivity index (χ4v) is 2.75. The van der Waals surface area contributed by atoms with Crippen LogP contribution in [-0.4, -0.2) is 43.5 Å². The molecule has 0 saturated carbocycles. The molecule has 0 saturated heterocycles. The molecule has 148 valence electrons. The summed E-state index contributed by atoms with van der Waals surface area (Å²) in [6, 6.07) is 7.57. The molecular formula is C18H14F3N7O. The van der Waals surface area contributed by atoms with Gasteiger partial charge >= 0.3 is 12.2 Å². The van der Waals surface area contributed by atoms with E-state index in [4.69, 9.17) is 0 Å². The molecule has 3 aromatic heterocycles. The number of nitrogens with one attached hydrogen (secondary N) is 3. The van der Waals surface area contributed by atoms with Gasteiger partial charge in [0, 0.05) is 28.6 Å². The van der Waals surface area contributed by atoms with E-state index >= 15 is 0 Å². The second-order valence-electron chi connectivity index (χ2n) is 6.15. The monoisotopic (exact) mass is 401 g/mol. The van der Waals surface area contributed by atoms with Crippen LogP contribution in [0.3, 0.4) is 0 Å². The van der Waals surface area contributed by atoms with Crippen LogP contribution in [0.15, 0.2) is 55.1 Å². The zero-order chi connectivity index (χ0) is 20.4. The summed E-state index contributed by atoms with van der Waals surface area (Å²) in [5.41, 5.74) is 4.03. The summed E-state index contributed by atoms with van der Waals surface area (Å²) in [5.74, 6) is 0. The minimum absolute atomic E-state index is 0.340. The largest absolute Gasteiger partial charge is 0.405 e. The number of aromatic amines is 1. The number of fused-ring (bicyclic) bond motifs is 1. The van der Waals surface area contributed by atoms with Crippen LogP contribution in [0.25, 0.3) is 28.0 Å². The second kappa shape index (κ2) is 7.26. The van der Waals surface area contributed by atoms with E-state index in [1.54, 1.807) is 58.9 Å². The Bertz CT molecular complexity index is 1150. The van der Waals surface area contributed by atoms with Gasteiger partial charge in [0.05, 0.1) is 24.3 Å². The van der Waals surface area contributed by atoms with E-state index in [9.17, 15) is 18.0 Å². The number of anilines is 1. The molecular weight excluding hydrogens is 387 g/mol. The number of benzene rings is 1. The molecule has 0 atom stereocenters. The number of H-pyrrole nitrogens is 1. The lowest BCUT2D eigenvalue weighted by Gasteiger charge is -2.10. The lowest BCUT2D eigenvalue weighted by Crippen LogP contribution is -2.36. The number of urea groups is 1. The van der Waals surface area contributed by atoms with Gasteiger partial charge in [0.15, 0.2) is 5.65 Å². The van der Waals surface area contributed by atoms with Crippen molar-refractivity contribution in [3.63, 3.8) is 0 Å². The number of nitrogens with zero attached hydrogens (tertiary/aromatic N) is 4. The number of halogens is 3. The molecule has 0 spiro atoms. The molecule has 4 rings (SSSR count). The van der Waals surface area contributed by atoms with Crippen molar-refractivity contribution in [1.82, 2.24) is 30.1 Å². The number of alkyl halides is 3. The molecule has 0 aliphatic rings. The minimum Gasteiger partial charge on any atom is -0.329 e. The van der Waals surface area contributed by atoms with E-state index in [1.807, 2.05) is 6.07 Å². The van der Waals surface area contributed by atoms with Crippen molar-refractivity contribution in [2.75, 3.05) is 11.9 Å². The van der Waals surface area contributed by atoms with Crippen LogP contribution in [0.2, 0.25) is 0 Å². The van der Waals surface area contributed by atoms with E-state index in [0.717, 1.165) is 11.1 Å². The lowest BCUT2D eigenvalue weighted by atomic mass is 10.1. The average molecular weight is 401 g/mol. The Kier molecular flexibility index (Phi) is 4.63. The van der Waals surface area contributed by atoms with Gasteiger partial charge in [-0.05, 0) is 18.2 Å². The third-order valence-electron chi connectivity index (χ3n) is 4.06. The molecule has 0 fully saturated rings. The minimum atomic E-state index is -4.48. The van der Waals surface area contributed by atoms with Crippen molar-refractivity contribution in [1.29, 1.82) is 0 Å². The normalized spacial score (nSPS) is 11.6. The quantitative estimate of drug-likeness (QED) is 0.488. The molecule has 0 unspecified atom stereocenters. The number of hydrogen-bond acceptors (Lipinski definition) is 4. The highest BCUT2D eigenvalue weighted by atomic mass is 19.4. The van der Waals surface area contributed by atoms with Gasteiger partial charge in [0.25, 0.3) is 0 Å². The number of rotatable bonds is 4. The summed E-state index contributed by atoms with van der Waals surface area (Å²) < 4.78 is 38.3. The third kappa shape index (κ3) is 4.18. The summed E-state index contributed by atoms with van der Waals surface area (Å²) in [5, 5.41) is 15.2. The Labute approximate surface area is 161 Å².